The molecule has 14 nitrogen and oxygen atoms in total. The Morgan fingerprint density at radius 3 is 0.619 bits per heavy atom. The van der Waals surface area contributed by atoms with Gasteiger partial charge in [0.05, 0.1) is 35.2 Å². The smallest absolute Gasteiger partial charge is 0.314 e. The second-order valence-electron chi connectivity index (χ2n) is 27.6. The highest BCUT2D eigenvalue weighted by molar-refractivity contribution is 6.88. The molecule has 0 bridgehead atoms. The maximum Gasteiger partial charge on any atom is 0.314 e. The zero-order valence-corrected chi connectivity index (χ0v) is 86.9. The molecule has 1 heterocycles. The van der Waals surface area contributed by atoms with Crippen molar-refractivity contribution in [3.63, 3.8) is 0 Å². The summed E-state index contributed by atoms with van der Waals surface area (Å²) in [5, 5.41) is 3.18. The Bertz CT molecular complexity index is 1650. The molecule has 0 N–H and O–H groups in total. The summed E-state index contributed by atoms with van der Waals surface area (Å²) in [5.41, 5.74) is 0. The van der Waals surface area contributed by atoms with Gasteiger partial charge in [0.15, 0.2) is 72.3 Å². The van der Waals surface area contributed by atoms with Gasteiger partial charge in [-0.25, -0.2) is 0 Å². The predicted molar refractivity (Wildman–Crippen MR) is 434 cm³/mol. The predicted octanol–water partition coefficient (Wildman–Crippen LogP) is 10.3. The first-order valence-corrected chi connectivity index (χ1v) is 90.8. The van der Waals surface area contributed by atoms with Gasteiger partial charge in [-0.05, 0) is 210 Å². The minimum Gasteiger partial charge on any atom is -0.461 e. The Morgan fingerprint density at radius 2 is 0.488 bits per heavy atom. The van der Waals surface area contributed by atoms with Gasteiger partial charge in [0.1, 0.15) is 0 Å². The SMILES string of the molecule is C=C([SiH](C)C)[SiH](C)C.C[SiH](C)O[SiH](C)C.C[SiH](C)O[Si](C)(C)O[SiH](C)C.C[SiH](C)O[Si](C)(C)O[Si](C)(C)O[SiH](C)C.C[SiH](C)O[Si](C)(C)O[Si](C)(C)O[Si](C)(C)O[SiH](C)C.C[SiH](C)c1ccc([SiH](C)C)cc1.C[SiH]1O[SiH](C)O[SiH](C)O[SiH](C)O1. The third-order valence-corrected chi connectivity index (χ3v) is 74.2. The van der Waals surface area contributed by atoms with Gasteiger partial charge in [-0.15, -0.1) is 11.4 Å². The standard InChI is InChI=1S/C10H32O4Si5.C10H18Si2.C8H26O3Si4.C6H20O2Si3.C6H16Si2.C4H16O4Si4.C4H14OSi2/c1-15(2)11-17(5,6)13-19(9,10)14-18(7,8)12-16(3)4;1-11(2)9-5-7-10(8-6-9)12(3)4;1-12(2)9-14(5,6)11-15(7,8)10-13(3)4;1-9(2)7-11(5,6)8-10(3)4;1-6(7(2)3)8(4)5;1-9-5-10(2)7-12(4)8-11(3)6-9;1-6(2)5-7(3)4/h15-16H,1-10H3;5-8,11-12H,1-4H3;12-13H,1-8H3;9-10H,1-6H3;7-8H,1H2,2-5H3;9-12H,1-4H3;6-7H,1-4H3. The van der Waals surface area contributed by atoms with E-state index in [1.54, 1.807) is 15.2 Å². The summed E-state index contributed by atoms with van der Waals surface area (Å²) in [5.74, 6) is 0. The summed E-state index contributed by atoms with van der Waals surface area (Å²) in [6.07, 6.45) is 0. The molecule has 0 unspecified atom stereocenters. The molecular formula is C48H142O14Si22. The Balaban J connectivity index is -0.000000295. The van der Waals surface area contributed by atoms with E-state index in [0.29, 0.717) is 0 Å². The van der Waals surface area contributed by atoms with Crippen molar-refractivity contribution in [2.24, 2.45) is 0 Å². The fraction of sp³-hybridized carbons (Fsp3) is 0.833. The van der Waals surface area contributed by atoms with Crippen molar-refractivity contribution in [2.75, 3.05) is 0 Å². The molecule has 1 saturated heterocycles. The van der Waals surface area contributed by atoms with Crippen LogP contribution in [0.4, 0.5) is 0 Å². The second kappa shape index (κ2) is 48.0. The van der Waals surface area contributed by atoms with Gasteiger partial charge in [-0.3, -0.25) is 0 Å². The van der Waals surface area contributed by atoms with E-state index in [0.717, 1.165) is 0 Å². The minimum atomic E-state index is -2.19. The summed E-state index contributed by atoms with van der Waals surface area (Å²) >= 11 is 0. The normalized spacial score (nSPS) is 17.5. The van der Waals surface area contributed by atoms with Crippen LogP contribution >= 0.6 is 0 Å². The van der Waals surface area contributed by atoms with Crippen molar-refractivity contribution < 1.29 is 57.6 Å². The molecule has 506 valence electrons. The number of hydrogen-bond acceptors (Lipinski definition) is 14. The van der Waals surface area contributed by atoms with Gasteiger partial charge < -0.3 is 57.6 Å². The molecule has 1 aromatic rings. The largest absolute Gasteiger partial charge is 0.461 e. The van der Waals surface area contributed by atoms with Crippen molar-refractivity contribution in [1.29, 1.82) is 0 Å². The quantitative estimate of drug-likeness (QED) is 0.0911. The minimum absolute atomic E-state index is 0.455. The van der Waals surface area contributed by atoms with Crippen molar-refractivity contribution >= 4 is 206 Å². The maximum atomic E-state index is 6.29. The van der Waals surface area contributed by atoms with Gasteiger partial charge in [-0.2, -0.15) is 0 Å². The summed E-state index contributed by atoms with van der Waals surface area (Å²) < 4.78 is 82.6. The molecule has 1 fully saturated rings. The first-order valence-electron chi connectivity index (χ1n) is 31.7. The lowest BCUT2D eigenvalue weighted by Gasteiger charge is -2.39. The van der Waals surface area contributed by atoms with E-state index in [1.165, 1.54) is 0 Å². The van der Waals surface area contributed by atoms with Crippen molar-refractivity contribution in [3.05, 3.63) is 35.7 Å². The van der Waals surface area contributed by atoms with Crippen LogP contribution in [0.5, 0.6) is 0 Å². The lowest BCUT2D eigenvalue weighted by atomic mass is 10.4. The van der Waals surface area contributed by atoms with Gasteiger partial charge in [0, 0.05) is 0 Å². The van der Waals surface area contributed by atoms with Gasteiger partial charge in [0.25, 0.3) is 37.1 Å². The zero-order chi connectivity index (χ0) is 67.7. The van der Waals surface area contributed by atoms with E-state index >= 15 is 0 Å². The van der Waals surface area contributed by atoms with E-state index in [9.17, 15) is 0 Å². The highest BCUT2D eigenvalue weighted by Crippen LogP contribution is 2.23. The highest BCUT2D eigenvalue weighted by atomic mass is 28.5. The Labute approximate surface area is 556 Å². The van der Waals surface area contributed by atoms with E-state index < -0.39 is 196 Å². The summed E-state index contributed by atoms with van der Waals surface area (Å²) in [6, 6.07) is 9.33. The maximum absolute atomic E-state index is 6.29. The van der Waals surface area contributed by atoms with Crippen LogP contribution in [0.3, 0.4) is 0 Å². The van der Waals surface area contributed by atoms with Crippen molar-refractivity contribution in [3.8, 4) is 0 Å². The molecule has 0 spiro atoms. The summed E-state index contributed by atoms with van der Waals surface area (Å²) in [7, 11) is -26.9. The molecule has 2 rings (SSSR count). The van der Waals surface area contributed by atoms with E-state index in [1.807, 2.05) is 26.2 Å². The van der Waals surface area contributed by atoms with Gasteiger partial charge in [-0.1, -0.05) is 87.0 Å². The Hall–Kier alpha value is 3.17. The van der Waals surface area contributed by atoms with E-state index in [-0.39, 0.29) is 0 Å². The summed E-state index contributed by atoms with van der Waals surface area (Å²) in [6.45, 7) is 91.7. The number of hydrogen-bond donors (Lipinski definition) is 0. The third kappa shape index (κ3) is 63.9. The highest BCUT2D eigenvalue weighted by Gasteiger charge is 2.42. The van der Waals surface area contributed by atoms with Crippen molar-refractivity contribution in [1.82, 2.24) is 0 Å². The molecule has 0 aromatic heterocycles. The monoisotopic (exact) mass is 1560 g/mol. The molecule has 0 aliphatic carbocycles. The lowest BCUT2D eigenvalue weighted by Crippen LogP contribution is -2.55. The number of rotatable bonds is 24. The number of benzene rings is 1. The molecule has 0 atom stereocenters. The molecule has 1 aliphatic heterocycles. The van der Waals surface area contributed by atoms with Gasteiger partial charge >= 0.3 is 51.4 Å². The van der Waals surface area contributed by atoms with Crippen LogP contribution in [0.2, 0.25) is 262 Å². The van der Waals surface area contributed by atoms with Crippen LogP contribution < -0.4 is 10.4 Å². The molecule has 36 heteroatoms. The fourth-order valence-electron chi connectivity index (χ4n) is 9.01. The van der Waals surface area contributed by atoms with Crippen LogP contribution in [0.25, 0.3) is 0 Å². The molecule has 0 radical (unpaired) electrons. The van der Waals surface area contributed by atoms with Crippen LogP contribution in [0.15, 0.2) is 35.7 Å². The van der Waals surface area contributed by atoms with Crippen molar-refractivity contribution in [2.45, 2.75) is 262 Å². The lowest BCUT2D eigenvalue weighted by molar-refractivity contribution is 0.294. The molecule has 0 amide bonds. The van der Waals surface area contributed by atoms with E-state index in [2.05, 4.69) is 267 Å². The van der Waals surface area contributed by atoms with Gasteiger partial charge in [0.2, 0.25) is 0 Å². The average Bonchev–Trinajstić information content (AvgIpc) is 3.19. The van der Waals surface area contributed by atoms with E-state index in [4.69, 9.17) is 57.6 Å². The Morgan fingerprint density at radius 1 is 0.310 bits per heavy atom. The average molecular weight is 1560 g/mol. The first-order chi connectivity index (χ1) is 37.5. The first kappa shape index (κ1) is 95.9. The molecular weight excluding hydrogens is 1420 g/mol. The molecule has 1 aliphatic rings. The topological polar surface area (TPSA) is 129 Å². The van der Waals surface area contributed by atoms with Crippen LogP contribution in [-0.4, -0.2) is 196 Å². The van der Waals surface area contributed by atoms with Crippen LogP contribution in [0.1, 0.15) is 0 Å². The second-order valence-corrected chi connectivity index (χ2v) is 92.0. The zero-order valence-electron chi connectivity index (χ0n) is 62.5. The van der Waals surface area contributed by atoms with Crippen LogP contribution in [0, 0.1) is 0 Å². The molecule has 0 saturated carbocycles. The third-order valence-electron chi connectivity index (χ3n) is 10.4. The summed E-state index contributed by atoms with van der Waals surface area (Å²) in [4.78, 5) is 1.63. The van der Waals surface area contributed by atoms with Crippen LogP contribution in [-0.2, 0) is 57.6 Å². The Kier molecular flexibility index (Phi) is 54.7. The molecule has 84 heavy (non-hydrogen) atoms. The fourth-order valence-corrected chi connectivity index (χ4v) is 77.8. The molecule has 1 aromatic carbocycles.